The van der Waals surface area contributed by atoms with E-state index in [-0.39, 0.29) is 0 Å². The SMILES string of the molecule is C[NH+](CC#C[C@H]1C[C@@H]2CC[C@@H]1C2)C1CCCCC1. The number of hydrogen-bond donors (Lipinski definition) is 1. The minimum Gasteiger partial charge on any atom is -0.325 e. The van der Waals surface area contributed by atoms with Gasteiger partial charge in [0.05, 0.1) is 13.1 Å². The lowest BCUT2D eigenvalue weighted by atomic mass is 9.89. The first-order valence-electron chi connectivity index (χ1n) is 8.13. The maximum atomic E-state index is 3.61. The number of rotatable bonds is 2. The summed E-state index contributed by atoms with van der Waals surface area (Å²) >= 11 is 0. The highest BCUT2D eigenvalue weighted by Gasteiger charge is 2.38. The molecule has 0 aromatic heterocycles. The fraction of sp³-hybridized carbons (Fsp3) is 0.882. The van der Waals surface area contributed by atoms with Crippen LogP contribution in [0, 0.1) is 29.6 Å². The maximum Gasteiger partial charge on any atom is 0.139 e. The van der Waals surface area contributed by atoms with E-state index in [1.807, 2.05) is 0 Å². The summed E-state index contributed by atoms with van der Waals surface area (Å²) in [6, 6.07) is 0.896. The molecule has 100 valence electrons. The van der Waals surface area contributed by atoms with Gasteiger partial charge in [0.1, 0.15) is 6.54 Å². The van der Waals surface area contributed by atoms with E-state index in [0.717, 1.165) is 30.3 Å². The van der Waals surface area contributed by atoms with Gasteiger partial charge in [0.15, 0.2) is 0 Å². The number of nitrogens with one attached hydrogen (secondary N) is 1. The summed E-state index contributed by atoms with van der Waals surface area (Å²) < 4.78 is 0. The third-order valence-corrected chi connectivity index (χ3v) is 5.69. The van der Waals surface area contributed by atoms with E-state index in [0.29, 0.717) is 0 Å². The fourth-order valence-electron chi connectivity index (χ4n) is 4.48. The predicted octanol–water partition coefficient (Wildman–Crippen LogP) is 2.27. The van der Waals surface area contributed by atoms with Crippen LogP contribution in [0.15, 0.2) is 0 Å². The Morgan fingerprint density at radius 1 is 1.00 bits per heavy atom. The number of hydrogen-bond acceptors (Lipinski definition) is 0. The first kappa shape index (κ1) is 12.5. The molecule has 0 heterocycles. The number of fused-ring (bicyclic) bond motifs is 2. The molecular weight excluding hydrogens is 218 g/mol. The molecule has 0 radical (unpaired) electrons. The van der Waals surface area contributed by atoms with Crippen molar-refractivity contribution in [2.45, 2.75) is 63.8 Å². The van der Waals surface area contributed by atoms with E-state index >= 15 is 0 Å². The summed E-state index contributed by atoms with van der Waals surface area (Å²) in [5, 5.41) is 0. The van der Waals surface area contributed by atoms with E-state index in [1.54, 1.807) is 4.90 Å². The van der Waals surface area contributed by atoms with Crippen molar-refractivity contribution in [2.75, 3.05) is 13.6 Å². The van der Waals surface area contributed by atoms with Gasteiger partial charge in [-0.1, -0.05) is 18.8 Å². The lowest BCUT2D eigenvalue weighted by Crippen LogP contribution is -3.13. The molecule has 3 fully saturated rings. The van der Waals surface area contributed by atoms with Crippen molar-refractivity contribution < 1.29 is 4.90 Å². The van der Waals surface area contributed by atoms with Crippen LogP contribution in [0.4, 0.5) is 0 Å². The lowest BCUT2D eigenvalue weighted by Gasteiger charge is -2.26. The average Bonchev–Trinajstić information content (AvgIpc) is 3.02. The van der Waals surface area contributed by atoms with Gasteiger partial charge in [0.25, 0.3) is 0 Å². The zero-order valence-electron chi connectivity index (χ0n) is 11.9. The average molecular weight is 246 g/mol. The normalized spacial score (nSPS) is 37.3. The molecule has 3 aliphatic rings. The predicted molar refractivity (Wildman–Crippen MR) is 75.3 cm³/mol. The molecule has 0 saturated heterocycles. The van der Waals surface area contributed by atoms with Gasteiger partial charge in [-0.25, -0.2) is 0 Å². The van der Waals surface area contributed by atoms with Gasteiger partial charge in [0, 0.05) is 5.92 Å². The molecule has 0 amide bonds. The van der Waals surface area contributed by atoms with Crippen molar-refractivity contribution in [1.29, 1.82) is 0 Å². The summed E-state index contributed by atoms with van der Waals surface area (Å²) in [6.07, 6.45) is 13.1. The van der Waals surface area contributed by atoms with Crippen LogP contribution >= 0.6 is 0 Å². The van der Waals surface area contributed by atoms with Crippen LogP contribution in [0.2, 0.25) is 0 Å². The van der Waals surface area contributed by atoms with Gasteiger partial charge < -0.3 is 4.90 Å². The summed E-state index contributed by atoms with van der Waals surface area (Å²) in [5.41, 5.74) is 0. The van der Waals surface area contributed by atoms with Crippen LogP contribution < -0.4 is 4.90 Å². The molecule has 2 bridgehead atoms. The Hall–Kier alpha value is -0.480. The van der Waals surface area contributed by atoms with Crippen LogP contribution in [-0.2, 0) is 0 Å². The molecule has 0 spiro atoms. The van der Waals surface area contributed by atoms with Crippen molar-refractivity contribution in [3.63, 3.8) is 0 Å². The van der Waals surface area contributed by atoms with Crippen molar-refractivity contribution in [1.82, 2.24) is 0 Å². The van der Waals surface area contributed by atoms with E-state index in [2.05, 4.69) is 18.9 Å². The molecule has 0 aromatic carbocycles. The second kappa shape index (κ2) is 5.66. The summed E-state index contributed by atoms with van der Waals surface area (Å²) in [5.74, 6) is 9.91. The summed E-state index contributed by atoms with van der Waals surface area (Å²) in [7, 11) is 2.35. The van der Waals surface area contributed by atoms with Crippen LogP contribution in [0.3, 0.4) is 0 Å². The molecule has 18 heavy (non-hydrogen) atoms. The van der Waals surface area contributed by atoms with Crippen molar-refractivity contribution in [3.05, 3.63) is 0 Å². The molecule has 1 nitrogen and oxygen atoms in total. The molecular formula is C17H28N+. The van der Waals surface area contributed by atoms with Crippen LogP contribution in [0.1, 0.15) is 57.8 Å². The minimum absolute atomic E-state index is 0.767. The van der Waals surface area contributed by atoms with Crippen molar-refractivity contribution in [3.8, 4) is 11.8 Å². The lowest BCUT2D eigenvalue weighted by molar-refractivity contribution is -0.900. The van der Waals surface area contributed by atoms with Gasteiger partial charge in [-0.05, 0) is 62.7 Å². The third-order valence-electron chi connectivity index (χ3n) is 5.69. The van der Waals surface area contributed by atoms with Crippen molar-refractivity contribution in [2.24, 2.45) is 17.8 Å². The quantitative estimate of drug-likeness (QED) is 0.713. The van der Waals surface area contributed by atoms with Gasteiger partial charge in [0.2, 0.25) is 0 Å². The second-order valence-electron chi connectivity index (χ2n) is 6.96. The van der Waals surface area contributed by atoms with Gasteiger partial charge in [-0.2, -0.15) is 0 Å². The Labute approximate surface area is 112 Å². The van der Waals surface area contributed by atoms with Crippen LogP contribution in [0.5, 0.6) is 0 Å². The largest absolute Gasteiger partial charge is 0.325 e. The molecule has 3 saturated carbocycles. The molecule has 4 atom stereocenters. The molecule has 1 unspecified atom stereocenters. The van der Waals surface area contributed by atoms with Crippen LogP contribution in [-0.4, -0.2) is 19.6 Å². The van der Waals surface area contributed by atoms with Gasteiger partial charge >= 0.3 is 0 Å². The molecule has 1 N–H and O–H groups in total. The highest BCUT2D eigenvalue weighted by molar-refractivity contribution is 5.10. The van der Waals surface area contributed by atoms with E-state index in [1.165, 1.54) is 57.8 Å². The third kappa shape index (κ3) is 2.75. The van der Waals surface area contributed by atoms with Crippen LogP contribution in [0.25, 0.3) is 0 Å². The summed E-state index contributed by atoms with van der Waals surface area (Å²) in [4.78, 5) is 1.67. The van der Waals surface area contributed by atoms with E-state index in [9.17, 15) is 0 Å². The maximum absolute atomic E-state index is 3.61. The highest BCUT2D eigenvalue weighted by atomic mass is 15.1. The van der Waals surface area contributed by atoms with Gasteiger partial charge in [-0.3, -0.25) is 0 Å². The Morgan fingerprint density at radius 3 is 2.50 bits per heavy atom. The van der Waals surface area contributed by atoms with E-state index in [4.69, 9.17) is 0 Å². The highest BCUT2D eigenvalue weighted by Crippen LogP contribution is 2.47. The Balaban J connectivity index is 1.46. The minimum atomic E-state index is 0.767. The standard InChI is InChI=1S/C17H27N/c1-18(17-7-3-2-4-8-17)11-5-6-15-12-14-9-10-16(15)13-14/h14-17H,2-4,7-13H2,1H3/p+1/t14-,15-,16+/m0/s1. The molecule has 0 aromatic rings. The van der Waals surface area contributed by atoms with E-state index < -0.39 is 0 Å². The first-order valence-corrected chi connectivity index (χ1v) is 8.13. The Bertz CT molecular complexity index is 331. The topological polar surface area (TPSA) is 4.44 Å². The fourth-order valence-corrected chi connectivity index (χ4v) is 4.48. The monoisotopic (exact) mass is 246 g/mol. The van der Waals surface area contributed by atoms with Crippen molar-refractivity contribution >= 4 is 0 Å². The van der Waals surface area contributed by atoms with Gasteiger partial charge in [-0.15, -0.1) is 0 Å². The molecule has 3 aliphatic carbocycles. The molecule has 0 aliphatic heterocycles. The summed E-state index contributed by atoms with van der Waals surface area (Å²) in [6.45, 7) is 1.08. The Kier molecular flexibility index (Phi) is 3.94. The first-order chi connectivity index (χ1) is 8.83. The zero-order chi connectivity index (χ0) is 12.4. The smallest absolute Gasteiger partial charge is 0.139 e. The molecule has 1 heteroatoms. The second-order valence-corrected chi connectivity index (χ2v) is 6.96. The Morgan fingerprint density at radius 2 is 1.83 bits per heavy atom. The molecule has 3 rings (SSSR count). The zero-order valence-corrected chi connectivity index (χ0v) is 11.9. The number of quaternary nitrogens is 1.